The number of aryl methyl sites for hydroxylation is 1. The summed E-state index contributed by atoms with van der Waals surface area (Å²) in [6.07, 6.45) is 1.44. The maximum atomic E-state index is 13.6. The molecule has 0 bridgehead atoms. The number of nitrogen functional groups attached to an aromatic ring is 1. The molecule has 0 aliphatic carbocycles. The number of nitrogens with one attached hydrogen (secondary N) is 1. The molecule has 2 aromatic carbocycles. The molecule has 12 heteroatoms. The van der Waals surface area contributed by atoms with Gasteiger partial charge in [-0.1, -0.05) is 31.5 Å². The van der Waals surface area contributed by atoms with Crippen LogP contribution in [0.2, 0.25) is 0 Å². The number of nitrogens with two attached hydrogens (primary N) is 1. The molecule has 0 amide bonds. The maximum absolute atomic E-state index is 13.6. The van der Waals surface area contributed by atoms with Crippen LogP contribution in [0.3, 0.4) is 0 Å². The van der Waals surface area contributed by atoms with E-state index in [1.165, 1.54) is 10.4 Å². The average molecular weight is 566 g/mol. The van der Waals surface area contributed by atoms with Crippen molar-refractivity contribution in [1.29, 1.82) is 0 Å². The summed E-state index contributed by atoms with van der Waals surface area (Å²) in [5.74, 6) is 0.663. The molecule has 212 valence electrons. The van der Waals surface area contributed by atoms with E-state index in [1.54, 1.807) is 16.8 Å². The Hall–Kier alpha value is -3.74. The topological polar surface area (TPSA) is 139 Å². The number of para-hydroxylation sites is 1. The second-order valence-electron chi connectivity index (χ2n) is 9.96. The molecule has 40 heavy (non-hydrogen) atoms. The van der Waals surface area contributed by atoms with Gasteiger partial charge in [0.1, 0.15) is 17.1 Å². The van der Waals surface area contributed by atoms with E-state index in [4.69, 9.17) is 20.6 Å². The van der Waals surface area contributed by atoms with E-state index in [9.17, 15) is 13.2 Å². The number of rotatable bonds is 9. The molecule has 4 aromatic rings. The maximum Gasteiger partial charge on any atom is 0.277 e. The molecular weight excluding hydrogens is 530 g/mol. The summed E-state index contributed by atoms with van der Waals surface area (Å²) in [6.45, 7) is 6.70. The van der Waals surface area contributed by atoms with E-state index < -0.39 is 10.0 Å². The van der Waals surface area contributed by atoms with Crippen LogP contribution < -0.4 is 16.0 Å². The lowest BCUT2D eigenvalue weighted by molar-refractivity contribution is 0.222. The summed E-state index contributed by atoms with van der Waals surface area (Å²) in [6, 6.07) is 12.2. The fourth-order valence-corrected chi connectivity index (χ4v) is 6.40. The lowest BCUT2D eigenvalue weighted by atomic mass is 10.1. The zero-order chi connectivity index (χ0) is 28.4. The Morgan fingerprint density at radius 1 is 1.07 bits per heavy atom. The number of hydrogen-bond donors (Lipinski definition) is 2. The van der Waals surface area contributed by atoms with Crippen LogP contribution in [0.25, 0.3) is 22.4 Å². The van der Waals surface area contributed by atoms with Gasteiger partial charge in [-0.25, -0.2) is 13.4 Å². The van der Waals surface area contributed by atoms with Crippen LogP contribution in [0.4, 0.5) is 5.69 Å². The van der Waals surface area contributed by atoms with Gasteiger partial charge in [0.05, 0.1) is 29.3 Å². The molecule has 11 nitrogen and oxygen atoms in total. The zero-order valence-electron chi connectivity index (χ0n) is 23.1. The van der Waals surface area contributed by atoms with Crippen LogP contribution >= 0.6 is 0 Å². The van der Waals surface area contributed by atoms with Crippen molar-refractivity contribution < 1.29 is 13.2 Å². The number of sulfonamides is 1. The number of fused-ring (bicyclic) bond motifs is 1. The van der Waals surface area contributed by atoms with Gasteiger partial charge in [0, 0.05) is 31.9 Å². The molecule has 2 aromatic heterocycles. The second-order valence-corrected chi connectivity index (χ2v) is 11.9. The van der Waals surface area contributed by atoms with Crippen LogP contribution in [-0.2, 0) is 23.0 Å². The Balaban J connectivity index is 1.63. The third kappa shape index (κ3) is 5.34. The van der Waals surface area contributed by atoms with Gasteiger partial charge in [0.2, 0.25) is 10.0 Å². The molecule has 3 heterocycles. The van der Waals surface area contributed by atoms with Crippen LogP contribution in [-0.4, -0.2) is 77.2 Å². The van der Waals surface area contributed by atoms with Crippen molar-refractivity contribution in [3.63, 3.8) is 0 Å². The Morgan fingerprint density at radius 2 is 1.82 bits per heavy atom. The lowest BCUT2D eigenvalue weighted by Crippen LogP contribution is -2.47. The Bertz CT molecular complexity index is 1690. The van der Waals surface area contributed by atoms with Gasteiger partial charge in [0.15, 0.2) is 5.52 Å². The molecule has 0 spiro atoms. The highest BCUT2D eigenvalue weighted by Gasteiger charge is 2.29. The number of ether oxygens (including phenoxy) is 1. The first-order valence-corrected chi connectivity index (χ1v) is 15.0. The van der Waals surface area contributed by atoms with Gasteiger partial charge in [-0.3, -0.25) is 9.48 Å². The third-order valence-electron chi connectivity index (χ3n) is 7.14. The molecule has 0 atom stereocenters. The minimum atomic E-state index is -3.75. The van der Waals surface area contributed by atoms with Crippen molar-refractivity contribution in [2.75, 3.05) is 45.6 Å². The fraction of sp³-hybridized carbons (Fsp3) is 0.393. The van der Waals surface area contributed by atoms with E-state index >= 15 is 0 Å². The predicted octanol–water partition coefficient (Wildman–Crippen LogP) is 2.70. The first kappa shape index (κ1) is 27.8. The summed E-state index contributed by atoms with van der Waals surface area (Å²) in [5, 5.41) is 4.73. The normalized spacial score (nSPS) is 15.1. The quantitative estimate of drug-likeness (QED) is 0.295. The van der Waals surface area contributed by atoms with E-state index in [-0.39, 0.29) is 16.3 Å². The second kappa shape index (κ2) is 11.4. The number of nitrogens with zero attached hydrogens (tertiary/aromatic N) is 5. The third-order valence-corrected chi connectivity index (χ3v) is 9.03. The Morgan fingerprint density at radius 3 is 2.52 bits per heavy atom. The van der Waals surface area contributed by atoms with Crippen molar-refractivity contribution in [2.24, 2.45) is 0 Å². The van der Waals surface area contributed by atoms with Crippen LogP contribution in [0.5, 0.6) is 5.75 Å². The zero-order valence-corrected chi connectivity index (χ0v) is 23.9. The van der Waals surface area contributed by atoms with Gasteiger partial charge < -0.3 is 20.4 Å². The Labute approximate surface area is 233 Å². The molecule has 0 unspecified atom stereocenters. The molecule has 3 N–H and O–H groups in total. The number of aromatic amines is 1. The molecule has 1 saturated heterocycles. The number of piperazine rings is 1. The molecule has 5 rings (SSSR count). The van der Waals surface area contributed by atoms with Crippen LogP contribution in [0.15, 0.2) is 52.2 Å². The minimum absolute atomic E-state index is 0.127. The van der Waals surface area contributed by atoms with Crippen molar-refractivity contribution in [2.45, 2.75) is 38.1 Å². The summed E-state index contributed by atoms with van der Waals surface area (Å²) < 4.78 is 36.0. The van der Waals surface area contributed by atoms with Gasteiger partial charge in [0.25, 0.3) is 5.56 Å². The number of anilines is 1. The van der Waals surface area contributed by atoms with E-state index in [1.807, 2.05) is 45.2 Å². The van der Waals surface area contributed by atoms with Crippen molar-refractivity contribution in [3.8, 4) is 17.1 Å². The minimum Gasteiger partial charge on any atom is -0.493 e. The highest BCUT2D eigenvalue weighted by molar-refractivity contribution is 7.89. The molecular formula is C28H35N7O4S. The molecule has 1 aliphatic rings. The SMILES string of the molecule is CCCc1nn(Cc2ccccc2N)c2c(=O)[nH]c(-c3cc(S(=O)(=O)N4CCN(C)CC4)ccc3OCC)nc12. The summed E-state index contributed by atoms with van der Waals surface area (Å²) in [4.78, 5) is 23.5. The molecule has 0 radical (unpaired) electrons. The van der Waals surface area contributed by atoms with Crippen molar-refractivity contribution in [1.82, 2.24) is 29.0 Å². The van der Waals surface area contributed by atoms with Crippen molar-refractivity contribution >= 4 is 26.7 Å². The first-order valence-electron chi connectivity index (χ1n) is 13.5. The molecule has 0 saturated carbocycles. The van der Waals surface area contributed by atoms with Crippen molar-refractivity contribution in [3.05, 3.63) is 64.1 Å². The van der Waals surface area contributed by atoms with Gasteiger partial charge in [-0.15, -0.1) is 0 Å². The predicted molar refractivity (Wildman–Crippen MR) is 155 cm³/mol. The summed E-state index contributed by atoms with van der Waals surface area (Å²) in [7, 11) is -1.78. The Kier molecular flexibility index (Phi) is 7.92. The lowest BCUT2D eigenvalue weighted by Gasteiger charge is -2.31. The number of aromatic nitrogens is 4. The van der Waals surface area contributed by atoms with E-state index in [2.05, 4.69) is 9.88 Å². The van der Waals surface area contributed by atoms with E-state index in [0.717, 1.165) is 12.0 Å². The van der Waals surface area contributed by atoms with Gasteiger partial charge >= 0.3 is 0 Å². The number of H-pyrrole nitrogens is 1. The summed E-state index contributed by atoms with van der Waals surface area (Å²) >= 11 is 0. The van der Waals surface area contributed by atoms with Crippen LogP contribution in [0, 0.1) is 0 Å². The molecule has 1 fully saturated rings. The average Bonchev–Trinajstić information content (AvgIpc) is 3.28. The number of hydrogen-bond acceptors (Lipinski definition) is 8. The smallest absolute Gasteiger partial charge is 0.277 e. The van der Waals surface area contributed by atoms with Crippen LogP contribution in [0.1, 0.15) is 31.5 Å². The highest BCUT2D eigenvalue weighted by Crippen LogP contribution is 2.32. The van der Waals surface area contributed by atoms with Gasteiger partial charge in [-0.2, -0.15) is 9.40 Å². The summed E-state index contributed by atoms with van der Waals surface area (Å²) in [5.41, 5.74) is 9.16. The highest BCUT2D eigenvalue weighted by atomic mass is 32.2. The largest absolute Gasteiger partial charge is 0.493 e. The molecule has 1 aliphatic heterocycles. The number of benzene rings is 2. The fourth-order valence-electron chi connectivity index (χ4n) is 4.95. The van der Waals surface area contributed by atoms with E-state index in [0.29, 0.717) is 79.5 Å². The standard InChI is InChI=1S/C28H35N7O4S/c1-4-8-23-25-26(35(32-23)18-19-9-6-7-10-22(19)29)28(36)31-27(30-25)21-17-20(11-12-24(21)39-5-2)40(37,38)34-15-13-33(3)14-16-34/h6-7,9-12,17H,4-5,8,13-16,18,29H2,1-3H3,(H,30,31,36). The van der Waals surface area contributed by atoms with Gasteiger partial charge in [-0.05, 0) is 50.2 Å². The first-order chi connectivity index (χ1) is 19.2. The number of likely N-dealkylation sites (N-methyl/N-ethyl adjacent to an activating group) is 1. The monoisotopic (exact) mass is 565 g/mol.